The molecule has 2 N–H and O–H groups in total. The maximum atomic E-state index is 13.0. The number of benzene rings is 3. The summed E-state index contributed by atoms with van der Waals surface area (Å²) in [6.07, 6.45) is 0. The van der Waals surface area contributed by atoms with Crippen molar-refractivity contribution in [3.8, 4) is 5.75 Å². The third-order valence-corrected chi connectivity index (χ3v) is 4.94. The summed E-state index contributed by atoms with van der Waals surface area (Å²) < 4.78 is 11.4. The van der Waals surface area contributed by atoms with E-state index in [1.165, 1.54) is 6.07 Å². The van der Waals surface area contributed by atoms with E-state index in [9.17, 15) is 9.59 Å². The van der Waals surface area contributed by atoms with Gasteiger partial charge in [0.25, 0.3) is 5.91 Å². The molecule has 0 saturated heterocycles. The SMILES string of the molecule is COc1cc2c(cc1NC(=O)c1cc(=O)[nH]c3ccccc13)oc1ccccc12. The molecule has 2 aromatic heterocycles. The molecule has 29 heavy (non-hydrogen) atoms. The summed E-state index contributed by atoms with van der Waals surface area (Å²) >= 11 is 0. The molecule has 0 atom stereocenters. The fourth-order valence-corrected chi connectivity index (χ4v) is 3.60. The Morgan fingerprint density at radius 3 is 2.52 bits per heavy atom. The predicted octanol–water partition coefficient (Wildman–Crippen LogP) is 4.69. The van der Waals surface area contributed by atoms with Crippen LogP contribution in [0.25, 0.3) is 32.8 Å². The highest BCUT2D eigenvalue weighted by Gasteiger charge is 2.17. The monoisotopic (exact) mass is 384 g/mol. The molecule has 0 bridgehead atoms. The quantitative estimate of drug-likeness (QED) is 0.473. The number of nitrogens with one attached hydrogen (secondary N) is 2. The number of furan rings is 1. The number of carbonyl (C=O) groups is 1. The molecule has 0 aliphatic heterocycles. The third-order valence-electron chi connectivity index (χ3n) is 4.94. The molecule has 6 heteroatoms. The first kappa shape index (κ1) is 17.1. The Bertz CT molecular complexity index is 1460. The molecule has 0 radical (unpaired) electrons. The first-order chi connectivity index (χ1) is 14.1. The van der Waals surface area contributed by atoms with E-state index in [0.717, 1.165) is 16.4 Å². The van der Waals surface area contributed by atoms with E-state index in [1.54, 1.807) is 31.4 Å². The largest absolute Gasteiger partial charge is 0.495 e. The number of ether oxygens (including phenoxy) is 1. The van der Waals surface area contributed by atoms with Crippen LogP contribution in [0.2, 0.25) is 0 Å². The Morgan fingerprint density at radius 2 is 1.69 bits per heavy atom. The molecule has 5 aromatic rings. The van der Waals surface area contributed by atoms with Crippen molar-refractivity contribution in [1.29, 1.82) is 0 Å². The van der Waals surface area contributed by atoms with Crippen molar-refractivity contribution >= 4 is 44.4 Å². The van der Waals surface area contributed by atoms with Crippen LogP contribution in [-0.2, 0) is 0 Å². The zero-order valence-electron chi connectivity index (χ0n) is 15.5. The number of anilines is 1. The Labute approximate surface area is 164 Å². The summed E-state index contributed by atoms with van der Waals surface area (Å²) in [7, 11) is 1.54. The van der Waals surface area contributed by atoms with Crippen LogP contribution in [0.3, 0.4) is 0 Å². The Balaban J connectivity index is 1.62. The molecule has 6 nitrogen and oxygen atoms in total. The second-order valence-electron chi connectivity index (χ2n) is 6.69. The second-order valence-corrected chi connectivity index (χ2v) is 6.69. The van der Waals surface area contributed by atoms with Gasteiger partial charge in [-0.15, -0.1) is 0 Å². The van der Waals surface area contributed by atoms with E-state index >= 15 is 0 Å². The van der Waals surface area contributed by atoms with Gasteiger partial charge in [-0.05, 0) is 18.2 Å². The fourth-order valence-electron chi connectivity index (χ4n) is 3.60. The molecule has 2 heterocycles. The summed E-state index contributed by atoms with van der Waals surface area (Å²) in [5, 5.41) is 5.39. The molecule has 0 aliphatic carbocycles. The minimum atomic E-state index is -0.402. The van der Waals surface area contributed by atoms with Crippen LogP contribution in [-0.4, -0.2) is 18.0 Å². The van der Waals surface area contributed by atoms with Gasteiger partial charge in [-0.1, -0.05) is 36.4 Å². The van der Waals surface area contributed by atoms with Gasteiger partial charge in [-0.3, -0.25) is 9.59 Å². The summed E-state index contributed by atoms with van der Waals surface area (Å²) in [4.78, 5) is 27.7. The summed E-state index contributed by atoms with van der Waals surface area (Å²) in [5.74, 6) is 0.104. The number of aromatic amines is 1. The summed E-state index contributed by atoms with van der Waals surface area (Å²) in [5.41, 5.74) is 2.41. The zero-order chi connectivity index (χ0) is 20.0. The number of carbonyl (C=O) groups excluding carboxylic acids is 1. The van der Waals surface area contributed by atoms with Gasteiger partial charge in [0.2, 0.25) is 5.56 Å². The van der Waals surface area contributed by atoms with E-state index < -0.39 is 5.91 Å². The first-order valence-corrected chi connectivity index (χ1v) is 9.07. The first-order valence-electron chi connectivity index (χ1n) is 9.07. The average molecular weight is 384 g/mol. The van der Waals surface area contributed by atoms with Gasteiger partial charge in [0.15, 0.2) is 0 Å². The van der Waals surface area contributed by atoms with Crippen molar-refractivity contribution in [3.05, 3.63) is 82.6 Å². The smallest absolute Gasteiger partial charge is 0.256 e. The van der Waals surface area contributed by atoms with E-state index in [0.29, 0.717) is 27.9 Å². The highest BCUT2D eigenvalue weighted by molar-refractivity contribution is 6.14. The van der Waals surface area contributed by atoms with Crippen LogP contribution in [0.1, 0.15) is 10.4 Å². The maximum absolute atomic E-state index is 13.0. The topological polar surface area (TPSA) is 84.3 Å². The minimum absolute atomic E-state index is 0.288. The second kappa shape index (κ2) is 6.53. The van der Waals surface area contributed by atoms with Crippen molar-refractivity contribution < 1.29 is 13.9 Å². The highest BCUT2D eigenvalue weighted by atomic mass is 16.5. The van der Waals surface area contributed by atoms with E-state index in [2.05, 4.69) is 10.3 Å². The van der Waals surface area contributed by atoms with Crippen molar-refractivity contribution in [3.63, 3.8) is 0 Å². The average Bonchev–Trinajstić information content (AvgIpc) is 3.09. The summed E-state index contributed by atoms with van der Waals surface area (Å²) in [6, 6.07) is 19.8. The normalized spacial score (nSPS) is 11.2. The number of hydrogen-bond donors (Lipinski definition) is 2. The van der Waals surface area contributed by atoms with E-state index in [4.69, 9.17) is 9.15 Å². The number of pyridine rings is 1. The Kier molecular flexibility index (Phi) is 3.84. The number of hydrogen-bond acceptors (Lipinski definition) is 4. The molecule has 0 aliphatic rings. The van der Waals surface area contributed by atoms with Crippen molar-refractivity contribution in [2.24, 2.45) is 0 Å². The lowest BCUT2D eigenvalue weighted by Crippen LogP contribution is -2.17. The molecule has 0 spiro atoms. The molecule has 3 aromatic carbocycles. The van der Waals surface area contributed by atoms with Crippen LogP contribution in [0, 0.1) is 0 Å². The molecular formula is C23H16N2O4. The molecule has 5 rings (SSSR count). The number of rotatable bonds is 3. The van der Waals surface area contributed by atoms with Crippen LogP contribution < -0.4 is 15.6 Å². The lowest BCUT2D eigenvalue weighted by molar-refractivity contribution is 0.102. The van der Waals surface area contributed by atoms with Crippen LogP contribution in [0.5, 0.6) is 5.75 Å². The minimum Gasteiger partial charge on any atom is -0.495 e. The molecule has 142 valence electrons. The number of para-hydroxylation sites is 2. The van der Waals surface area contributed by atoms with Crippen LogP contribution >= 0.6 is 0 Å². The molecule has 0 saturated carbocycles. The van der Waals surface area contributed by atoms with Gasteiger partial charge in [0.1, 0.15) is 16.9 Å². The number of H-pyrrole nitrogens is 1. The van der Waals surface area contributed by atoms with Gasteiger partial charge in [0.05, 0.1) is 18.4 Å². The predicted molar refractivity (Wildman–Crippen MR) is 113 cm³/mol. The molecular weight excluding hydrogens is 368 g/mol. The zero-order valence-corrected chi connectivity index (χ0v) is 15.5. The number of methoxy groups -OCH3 is 1. The third kappa shape index (κ3) is 2.82. The van der Waals surface area contributed by atoms with Crippen LogP contribution in [0.15, 0.2) is 75.9 Å². The van der Waals surface area contributed by atoms with Crippen molar-refractivity contribution in [2.45, 2.75) is 0 Å². The van der Waals surface area contributed by atoms with Gasteiger partial charge in [-0.2, -0.15) is 0 Å². The lowest BCUT2D eigenvalue weighted by atomic mass is 10.1. The van der Waals surface area contributed by atoms with Gasteiger partial charge in [0, 0.05) is 33.8 Å². The van der Waals surface area contributed by atoms with Crippen LogP contribution in [0.4, 0.5) is 5.69 Å². The Hall–Kier alpha value is -4.06. The van der Waals surface area contributed by atoms with Crippen molar-refractivity contribution in [2.75, 3.05) is 12.4 Å². The Morgan fingerprint density at radius 1 is 0.931 bits per heavy atom. The fraction of sp³-hybridized carbons (Fsp3) is 0.0435. The number of aromatic nitrogens is 1. The maximum Gasteiger partial charge on any atom is 0.256 e. The lowest BCUT2D eigenvalue weighted by Gasteiger charge is -2.11. The molecule has 1 amide bonds. The van der Waals surface area contributed by atoms with E-state index in [1.807, 2.05) is 36.4 Å². The van der Waals surface area contributed by atoms with Gasteiger partial charge >= 0.3 is 0 Å². The molecule has 0 fully saturated rings. The molecule has 0 unspecified atom stereocenters. The number of fused-ring (bicyclic) bond motifs is 4. The van der Waals surface area contributed by atoms with Gasteiger partial charge < -0.3 is 19.5 Å². The number of amides is 1. The highest BCUT2D eigenvalue weighted by Crippen LogP contribution is 2.36. The standard InChI is InChI=1S/C23H16N2O4/c1-28-21-10-15-14-7-3-5-9-19(14)29-20(15)12-18(21)25-23(27)16-11-22(26)24-17-8-4-2-6-13(16)17/h2-12H,1H3,(H,24,26)(H,25,27). The van der Waals surface area contributed by atoms with Gasteiger partial charge in [-0.25, -0.2) is 0 Å². The van der Waals surface area contributed by atoms with Crippen molar-refractivity contribution in [1.82, 2.24) is 4.98 Å². The summed E-state index contributed by atoms with van der Waals surface area (Å²) in [6.45, 7) is 0. The van der Waals surface area contributed by atoms with E-state index in [-0.39, 0.29) is 11.1 Å².